The number of amides is 1. The first-order valence-electron chi connectivity index (χ1n) is 7.23. The maximum atomic E-state index is 11.6. The number of ether oxygens (including phenoxy) is 1. The van der Waals surface area contributed by atoms with Crippen LogP contribution in [0.2, 0.25) is 0 Å². The Balaban J connectivity index is 1.46. The molecule has 4 heteroatoms. The predicted octanol–water partition coefficient (Wildman–Crippen LogP) is 4.18. The first-order valence-corrected chi connectivity index (χ1v) is 8.05. The average molecular weight is 321 g/mol. The van der Waals surface area contributed by atoms with Gasteiger partial charge in [0, 0.05) is 4.70 Å². The van der Waals surface area contributed by atoms with E-state index in [0.717, 1.165) is 10.4 Å². The van der Waals surface area contributed by atoms with Gasteiger partial charge in [0.1, 0.15) is 6.61 Å². The summed E-state index contributed by atoms with van der Waals surface area (Å²) in [5, 5.41) is 3.82. The van der Waals surface area contributed by atoms with Crippen molar-refractivity contribution >= 4 is 27.5 Å². The highest BCUT2D eigenvalue weighted by Crippen LogP contribution is 2.24. The lowest BCUT2D eigenvalue weighted by molar-refractivity contribution is 0.141. The zero-order valence-corrected chi connectivity index (χ0v) is 13.2. The van der Waals surface area contributed by atoms with Crippen LogP contribution in [0.1, 0.15) is 10.4 Å². The molecular weight excluding hydrogens is 306 g/mol. The van der Waals surface area contributed by atoms with Crippen molar-refractivity contribution in [1.29, 1.82) is 0 Å². The Kier molecular flexibility index (Phi) is 4.92. The van der Waals surface area contributed by atoms with Crippen LogP contribution in [-0.2, 0) is 11.3 Å². The number of hydrogen-bond acceptors (Lipinski definition) is 3. The molecule has 1 N–H and O–H groups in total. The number of benzene rings is 2. The lowest BCUT2D eigenvalue weighted by Crippen LogP contribution is -2.24. The lowest BCUT2D eigenvalue weighted by Gasteiger charge is -2.04. The second kappa shape index (κ2) is 7.48. The van der Waals surface area contributed by atoms with E-state index < -0.39 is 6.09 Å². The van der Waals surface area contributed by atoms with Gasteiger partial charge < -0.3 is 10.1 Å². The van der Waals surface area contributed by atoms with Crippen molar-refractivity contribution < 1.29 is 9.53 Å². The summed E-state index contributed by atoms with van der Waals surface area (Å²) in [5.41, 5.74) is 0.957. The molecule has 0 bridgehead atoms. The van der Waals surface area contributed by atoms with Crippen LogP contribution in [0.25, 0.3) is 10.1 Å². The van der Waals surface area contributed by atoms with Gasteiger partial charge in [-0.15, -0.1) is 11.3 Å². The van der Waals surface area contributed by atoms with Crippen molar-refractivity contribution in [2.45, 2.75) is 6.61 Å². The molecule has 0 aliphatic carbocycles. The van der Waals surface area contributed by atoms with Gasteiger partial charge in [-0.25, -0.2) is 4.79 Å². The van der Waals surface area contributed by atoms with Gasteiger partial charge in [-0.05, 0) is 23.1 Å². The zero-order chi connectivity index (χ0) is 15.9. The fourth-order valence-corrected chi connectivity index (χ4v) is 3.00. The first kappa shape index (κ1) is 15.1. The number of thiophene rings is 1. The molecule has 0 atom stereocenters. The summed E-state index contributed by atoms with van der Waals surface area (Å²) in [7, 11) is 0. The third kappa shape index (κ3) is 4.35. The Morgan fingerprint density at radius 2 is 1.87 bits per heavy atom. The number of rotatable bonds is 3. The number of hydrogen-bond donors (Lipinski definition) is 1. The van der Waals surface area contributed by atoms with Crippen LogP contribution in [0.4, 0.5) is 4.79 Å². The van der Waals surface area contributed by atoms with Crippen molar-refractivity contribution in [3.05, 3.63) is 71.1 Å². The standard InChI is InChI=1S/C19H15NO2S/c21-19(22-14-15-7-2-1-3-8-15)20-12-6-10-17-13-16-9-4-5-11-18(16)23-17/h1-5,7-9,11,13H,12,14H2,(H,20,21). The van der Waals surface area contributed by atoms with Gasteiger partial charge in [-0.3, -0.25) is 0 Å². The molecule has 23 heavy (non-hydrogen) atoms. The minimum Gasteiger partial charge on any atom is -0.445 e. The molecule has 2 aromatic carbocycles. The molecule has 0 radical (unpaired) electrons. The van der Waals surface area contributed by atoms with E-state index in [9.17, 15) is 4.79 Å². The summed E-state index contributed by atoms with van der Waals surface area (Å²) in [6.07, 6.45) is -0.459. The maximum Gasteiger partial charge on any atom is 0.408 e. The van der Waals surface area contributed by atoms with E-state index in [1.807, 2.05) is 42.5 Å². The molecule has 3 aromatic rings. The normalized spacial score (nSPS) is 9.91. The molecule has 0 unspecified atom stereocenters. The number of carbonyl (C=O) groups is 1. The minimum atomic E-state index is -0.459. The maximum absolute atomic E-state index is 11.6. The Morgan fingerprint density at radius 3 is 2.70 bits per heavy atom. The van der Waals surface area contributed by atoms with E-state index in [0.29, 0.717) is 0 Å². The summed E-state index contributed by atoms with van der Waals surface area (Å²) < 4.78 is 6.33. The topological polar surface area (TPSA) is 38.3 Å². The largest absolute Gasteiger partial charge is 0.445 e. The van der Waals surface area contributed by atoms with Crippen molar-refractivity contribution in [1.82, 2.24) is 5.32 Å². The monoisotopic (exact) mass is 321 g/mol. The molecule has 1 amide bonds. The Hall–Kier alpha value is -2.77. The van der Waals surface area contributed by atoms with Crippen LogP contribution in [0.3, 0.4) is 0 Å². The van der Waals surface area contributed by atoms with Crippen molar-refractivity contribution in [2.24, 2.45) is 0 Å². The van der Waals surface area contributed by atoms with Crippen LogP contribution in [0, 0.1) is 11.8 Å². The number of fused-ring (bicyclic) bond motifs is 1. The average Bonchev–Trinajstić information content (AvgIpc) is 3.00. The minimum absolute atomic E-state index is 0.260. The number of carbonyl (C=O) groups excluding carboxylic acids is 1. The van der Waals surface area contributed by atoms with E-state index in [4.69, 9.17) is 4.74 Å². The molecule has 3 rings (SSSR count). The van der Waals surface area contributed by atoms with Crippen molar-refractivity contribution in [2.75, 3.05) is 6.54 Å². The Bertz CT molecular complexity index is 826. The summed E-state index contributed by atoms with van der Waals surface area (Å²) in [6, 6.07) is 19.8. The van der Waals surface area contributed by atoms with E-state index in [2.05, 4.69) is 35.4 Å². The molecule has 0 saturated heterocycles. The number of nitrogens with one attached hydrogen (secondary N) is 1. The molecule has 0 fully saturated rings. The van der Waals surface area contributed by atoms with E-state index in [-0.39, 0.29) is 13.2 Å². The highest BCUT2D eigenvalue weighted by atomic mass is 32.1. The van der Waals surface area contributed by atoms with Crippen LogP contribution >= 0.6 is 11.3 Å². The summed E-state index contributed by atoms with van der Waals surface area (Å²) in [4.78, 5) is 12.6. The third-order valence-corrected chi connectivity index (χ3v) is 4.20. The van der Waals surface area contributed by atoms with Gasteiger partial charge in [0.05, 0.1) is 11.4 Å². The lowest BCUT2D eigenvalue weighted by atomic mass is 10.2. The molecule has 3 nitrogen and oxygen atoms in total. The van der Waals surface area contributed by atoms with Crippen molar-refractivity contribution in [3.63, 3.8) is 0 Å². The molecule has 0 aliphatic rings. The van der Waals surface area contributed by atoms with E-state index in [1.54, 1.807) is 11.3 Å². The van der Waals surface area contributed by atoms with Gasteiger partial charge in [-0.2, -0.15) is 0 Å². The SMILES string of the molecule is O=C(NCC#Cc1cc2ccccc2s1)OCc1ccccc1. The first-order chi connectivity index (χ1) is 11.3. The number of alkyl carbamates (subject to hydrolysis) is 1. The Morgan fingerprint density at radius 1 is 1.09 bits per heavy atom. The third-order valence-electron chi connectivity index (χ3n) is 3.17. The smallest absolute Gasteiger partial charge is 0.408 e. The zero-order valence-electron chi connectivity index (χ0n) is 12.4. The fourth-order valence-electron chi connectivity index (χ4n) is 2.07. The van der Waals surface area contributed by atoms with E-state index >= 15 is 0 Å². The summed E-state index contributed by atoms with van der Waals surface area (Å²) >= 11 is 1.65. The quantitative estimate of drug-likeness (QED) is 0.735. The van der Waals surface area contributed by atoms with Crippen LogP contribution in [-0.4, -0.2) is 12.6 Å². The molecule has 0 spiro atoms. The summed E-state index contributed by atoms with van der Waals surface area (Å²) in [5.74, 6) is 6.00. The predicted molar refractivity (Wildman–Crippen MR) is 93.3 cm³/mol. The molecule has 0 saturated carbocycles. The molecule has 1 heterocycles. The van der Waals surface area contributed by atoms with Crippen LogP contribution in [0.5, 0.6) is 0 Å². The molecule has 1 aromatic heterocycles. The van der Waals surface area contributed by atoms with E-state index in [1.165, 1.54) is 10.1 Å². The van der Waals surface area contributed by atoms with Crippen LogP contribution in [0.15, 0.2) is 60.7 Å². The molecular formula is C19H15NO2S. The highest BCUT2D eigenvalue weighted by Gasteiger charge is 2.00. The summed E-state index contributed by atoms with van der Waals surface area (Å²) in [6.45, 7) is 0.526. The highest BCUT2D eigenvalue weighted by molar-refractivity contribution is 7.19. The molecule has 114 valence electrons. The Labute approximate surface area is 138 Å². The van der Waals surface area contributed by atoms with Crippen LogP contribution < -0.4 is 5.32 Å². The van der Waals surface area contributed by atoms with Gasteiger partial charge in [-0.1, -0.05) is 60.4 Å². The van der Waals surface area contributed by atoms with Gasteiger partial charge in [0.25, 0.3) is 0 Å². The second-order valence-corrected chi connectivity index (χ2v) is 5.95. The van der Waals surface area contributed by atoms with Gasteiger partial charge >= 0.3 is 6.09 Å². The van der Waals surface area contributed by atoms with Crippen molar-refractivity contribution in [3.8, 4) is 11.8 Å². The van der Waals surface area contributed by atoms with Gasteiger partial charge in [0.15, 0.2) is 0 Å². The fraction of sp³-hybridized carbons (Fsp3) is 0.105. The molecule has 0 aliphatic heterocycles. The second-order valence-electron chi connectivity index (χ2n) is 4.87. The van der Waals surface area contributed by atoms with Gasteiger partial charge in [0.2, 0.25) is 0 Å².